The number of hydrogen-bond acceptors (Lipinski definition) is 4. The second-order valence-electron chi connectivity index (χ2n) is 7.44. The quantitative estimate of drug-likeness (QED) is 0.393. The van der Waals surface area contributed by atoms with Crippen molar-refractivity contribution in [1.82, 2.24) is 19.7 Å². The summed E-state index contributed by atoms with van der Waals surface area (Å²) >= 11 is 1.69. The van der Waals surface area contributed by atoms with E-state index in [1.165, 1.54) is 11.1 Å². The minimum absolute atomic E-state index is 0.180. The Labute approximate surface area is 177 Å². The summed E-state index contributed by atoms with van der Waals surface area (Å²) in [6, 6.07) is 16.8. The normalized spacial score (nSPS) is 10.9. The molecule has 3 rings (SSSR count). The van der Waals surface area contributed by atoms with E-state index in [9.17, 15) is 4.79 Å². The van der Waals surface area contributed by atoms with Crippen LogP contribution in [0.5, 0.6) is 0 Å². The summed E-state index contributed by atoms with van der Waals surface area (Å²) in [6.07, 6.45) is 2.44. The molecule has 0 N–H and O–H groups in total. The fraction of sp³-hybridized carbons (Fsp3) is 0.348. The number of thioether (sulfide) groups is 1. The number of carbonyl (C=O) groups is 1. The van der Waals surface area contributed by atoms with E-state index < -0.39 is 0 Å². The molecule has 1 heterocycles. The zero-order chi connectivity index (χ0) is 20.8. The lowest BCUT2D eigenvalue weighted by Gasteiger charge is -2.11. The van der Waals surface area contributed by atoms with Crippen molar-refractivity contribution in [3.63, 3.8) is 0 Å². The molecule has 0 aliphatic rings. The zero-order valence-corrected chi connectivity index (χ0v) is 18.4. The molecule has 1 amide bonds. The maximum atomic E-state index is 11.7. The minimum Gasteiger partial charge on any atom is -0.349 e. The van der Waals surface area contributed by atoms with Crippen LogP contribution in [0.1, 0.15) is 30.4 Å². The van der Waals surface area contributed by atoms with Gasteiger partial charge in [0.2, 0.25) is 5.91 Å². The highest BCUT2D eigenvalue weighted by molar-refractivity contribution is 7.99. The molecule has 3 aromatic rings. The first kappa shape index (κ1) is 21.1. The maximum Gasteiger partial charge on any atom is 0.222 e. The number of amides is 1. The molecule has 0 saturated heterocycles. The van der Waals surface area contributed by atoms with Gasteiger partial charge in [0.25, 0.3) is 0 Å². The lowest BCUT2D eigenvalue weighted by atomic mass is 10.1. The van der Waals surface area contributed by atoms with E-state index in [4.69, 9.17) is 0 Å². The van der Waals surface area contributed by atoms with Crippen LogP contribution in [0.3, 0.4) is 0 Å². The van der Waals surface area contributed by atoms with Crippen LogP contribution in [-0.2, 0) is 4.79 Å². The van der Waals surface area contributed by atoms with Crippen molar-refractivity contribution in [3.05, 3.63) is 59.7 Å². The third-order valence-electron chi connectivity index (χ3n) is 4.75. The van der Waals surface area contributed by atoms with Crippen molar-refractivity contribution in [2.75, 3.05) is 19.8 Å². The summed E-state index contributed by atoms with van der Waals surface area (Å²) in [6.45, 7) is 4.16. The predicted octanol–water partition coefficient (Wildman–Crippen LogP) is 4.90. The molecule has 0 atom stereocenters. The highest BCUT2D eigenvalue weighted by Crippen LogP contribution is 2.29. The van der Waals surface area contributed by atoms with E-state index in [2.05, 4.69) is 77.1 Å². The number of hydrogen-bond donors (Lipinski definition) is 0. The topological polar surface area (TPSA) is 51.0 Å². The van der Waals surface area contributed by atoms with Crippen LogP contribution >= 0.6 is 11.8 Å². The molecular formula is C23H28N4OS. The maximum absolute atomic E-state index is 11.7. The number of aryl methyl sites for hydroxylation is 2. The van der Waals surface area contributed by atoms with Crippen LogP contribution < -0.4 is 0 Å². The van der Waals surface area contributed by atoms with Gasteiger partial charge in [-0.1, -0.05) is 59.3 Å². The lowest BCUT2D eigenvalue weighted by molar-refractivity contribution is -0.128. The Hall–Kier alpha value is -2.60. The SMILES string of the molecule is Cc1ccc(-c2nnc(SCCCCC(=O)N(C)C)n2-c2ccc(C)cc2)cc1. The largest absolute Gasteiger partial charge is 0.349 e. The highest BCUT2D eigenvalue weighted by atomic mass is 32.2. The van der Waals surface area contributed by atoms with Crippen molar-refractivity contribution in [3.8, 4) is 17.1 Å². The number of rotatable bonds is 8. The third-order valence-corrected chi connectivity index (χ3v) is 5.77. The van der Waals surface area contributed by atoms with Gasteiger partial charge in [-0.15, -0.1) is 10.2 Å². The van der Waals surface area contributed by atoms with Crippen LogP contribution in [0.2, 0.25) is 0 Å². The standard InChI is InChI=1S/C23H28N4OS/c1-17-8-12-19(13-9-17)22-24-25-23(27(22)20-14-10-18(2)11-15-20)29-16-6-5-7-21(28)26(3)4/h8-15H,5-7,16H2,1-4H3. The van der Waals surface area contributed by atoms with Crippen LogP contribution in [0.4, 0.5) is 0 Å². The Kier molecular flexibility index (Phi) is 7.09. The van der Waals surface area contributed by atoms with Gasteiger partial charge >= 0.3 is 0 Å². The Morgan fingerprint density at radius 3 is 2.17 bits per heavy atom. The highest BCUT2D eigenvalue weighted by Gasteiger charge is 2.16. The second kappa shape index (κ2) is 9.74. The molecule has 5 nitrogen and oxygen atoms in total. The molecule has 0 unspecified atom stereocenters. The first-order valence-corrected chi connectivity index (χ1v) is 10.9. The molecule has 0 spiro atoms. The molecule has 0 aliphatic heterocycles. The van der Waals surface area contributed by atoms with Gasteiger partial charge in [-0.3, -0.25) is 9.36 Å². The van der Waals surface area contributed by atoms with E-state index in [0.717, 1.165) is 40.8 Å². The van der Waals surface area contributed by atoms with E-state index >= 15 is 0 Å². The van der Waals surface area contributed by atoms with E-state index in [1.54, 1.807) is 30.8 Å². The van der Waals surface area contributed by atoms with Gasteiger partial charge in [-0.2, -0.15) is 0 Å². The van der Waals surface area contributed by atoms with Crippen molar-refractivity contribution in [1.29, 1.82) is 0 Å². The number of carbonyl (C=O) groups excluding carboxylic acids is 1. The Bertz CT molecular complexity index is 946. The van der Waals surface area contributed by atoms with Gasteiger partial charge in [0, 0.05) is 37.5 Å². The van der Waals surface area contributed by atoms with Crippen molar-refractivity contribution in [2.45, 2.75) is 38.3 Å². The molecule has 152 valence electrons. The molecule has 0 bridgehead atoms. The summed E-state index contributed by atoms with van der Waals surface area (Å²) in [5.74, 6) is 1.93. The fourth-order valence-electron chi connectivity index (χ4n) is 2.94. The minimum atomic E-state index is 0.180. The van der Waals surface area contributed by atoms with Gasteiger partial charge in [0.15, 0.2) is 11.0 Å². The van der Waals surface area contributed by atoms with Crippen molar-refractivity contribution < 1.29 is 4.79 Å². The zero-order valence-electron chi connectivity index (χ0n) is 17.6. The van der Waals surface area contributed by atoms with E-state index in [-0.39, 0.29) is 5.91 Å². The molecule has 0 fully saturated rings. The van der Waals surface area contributed by atoms with E-state index in [0.29, 0.717) is 6.42 Å². The summed E-state index contributed by atoms with van der Waals surface area (Å²) < 4.78 is 2.12. The smallest absolute Gasteiger partial charge is 0.222 e. The molecule has 2 aromatic carbocycles. The summed E-state index contributed by atoms with van der Waals surface area (Å²) in [5.41, 5.74) is 4.55. The average molecular weight is 409 g/mol. The third kappa shape index (κ3) is 5.48. The van der Waals surface area contributed by atoms with Gasteiger partial charge < -0.3 is 4.90 Å². The van der Waals surface area contributed by atoms with E-state index in [1.807, 2.05) is 0 Å². The van der Waals surface area contributed by atoms with Crippen LogP contribution in [0.15, 0.2) is 53.7 Å². The number of aromatic nitrogens is 3. The first-order chi connectivity index (χ1) is 14.0. The van der Waals surface area contributed by atoms with Crippen LogP contribution in [0.25, 0.3) is 17.1 Å². The Morgan fingerprint density at radius 2 is 1.55 bits per heavy atom. The average Bonchev–Trinajstić information content (AvgIpc) is 3.12. The predicted molar refractivity (Wildman–Crippen MR) is 120 cm³/mol. The first-order valence-electron chi connectivity index (χ1n) is 9.88. The number of benzene rings is 2. The van der Waals surface area contributed by atoms with Gasteiger partial charge in [-0.25, -0.2) is 0 Å². The second-order valence-corrected chi connectivity index (χ2v) is 8.50. The molecule has 0 radical (unpaired) electrons. The van der Waals surface area contributed by atoms with Crippen LogP contribution in [0, 0.1) is 13.8 Å². The molecule has 29 heavy (non-hydrogen) atoms. The summed E-state index contributed by atoms with van der Waals surface area (Å²) in [7, 11) is 3.60. The molecule has 0 saturated carbocycles. The van der Waals surface area contributed by atoms with Crippen molar-refractivity contribution in [2.24, 2.45) is 0 Å². The van der Waals surface area contributed by atoms with Gasteiger partial charge in [-0.05, 0) is 38.8 Å². The van der Waals surface area contributed by atoms with Crippen LogP contribution in [-0.4, -0.2) is 45.4 Å². The van der Waals surface area contributed by atoms with Gasteiger partial charge in [0.1, 0.15) is 0 Å². The van der Waals surface area contributed by atoms with Crippen molar-refractivity contribution >= 4 is 17.7 Å². The molecular weight excluding hydrogens is 380 g/mol. The number of unbranched alkanes of at least 4 members (excludes halogenated alkanes) is 1. The fourth-order valence-corrected chi connectivity index (χ4v) is 3.90. The summed E-state index contributed by atoms with van der Waals surface area (Å²) in [4.78, 5) is 13.4. The summed E-state index contributed by atoms with van der Waals surface area (Å²) in [5, 5.41) is 9.85. The molecule has 6 heteroatoms. The monoisotopic (exact) mass is 408 g/mol. The van der Waals surface area contributed by atoms with Gasteiger partial charge in [0.05, 0.1) is 0 Å². The molecule has 1 aromatic heterocycles. The Balaban J connectivity index is 1.79. The number of nitrogens with zero attached hydrogens (tertiary/aromatic N) is 4. The molecule has 0 aliphatic carbocycles. The lowest BCUT2D eigenvalue weighted by Crippen LogP contribution is -2.21. The Morgan fingerprint density at radius 1 is 0.931 bits per heavy atom.